The predicted molar refractivity (Wildman–Crippen MR) is 80.3 cm³/mol. The first kappa shape index (κ1) is 13.8. The number of hydrogen-bond acceptors (Lipinski definition) is 2. The molecule has 1 heterocycles. The minimum Gasteiger partial charge on any atom is -0.330 e. The lowest BCUT2D eigenvalue weighted by Crippen LogP contribution is -2.25. The molecule has 2 aromatic rings. The quantitative estimate of drug-likeness (QED) is 0.896. The van der Waals surface area contributed by atoms with Crippen molar-refractivity contribution >= 4 is 10.9 Å². The van der Waals surface area contributed by atoms with Crippen LogP contribution < -0.4 is 11.3 Å². The molecule has 0 spiro atoms. The molecule has 0 aliphatic heterocycles. The maximum absolute atomic E-state index is 12.0. The number of nitrogens with zero attached hydrogens (tertiary/aromatic N) is 1. The molecule has 2 N–H and O–H groups in total. The van der Waals surface area contributed by atoms with Crippen LogP contribution in [0.4, 0.5) is 0 Å². The fraction of sp³-hybridized carbons (Fsp3) is 0.438. The number of pyridine rings is 1. The Balaban J connectivity index is 2.21. The van der Waals surface area contributed by atoms with Gasteiger partial charge in [0, 0.05) is 12.6 Å². The van der Waals surface area contributed by atoms with Crippen LogP contribution in [0.15, 0.2) is 41.2 Å². The number of hydrogen-bond donors (Lipinski definition) is 1. The number of rotatable bonds is 5. The Morgan fingerprint density at radius 2 is 1.89 bits per heavy atom. The normalized spacial score (nSPS) is 11.9. The monoisotopic (exact) mass is 258 g/mol. The van der Waals surface area contributed by atoms with E-state index in [1.807, 2.05) is 34.9 Å². The van der Waals surface area contributed by atoms with Crippen LogP contribution in [0.1, 0.15) is 26.7 Å². The van der Waals surface area contributed by atoms with Crippen molar-refractivity contribution in [3.63, 3.8) is 0 Å². The van der Waals surface area contributed by atoms with E-state index in [4.69, 9.17) is 5.73 Å². The van der Waals surface area contributed by atoms with Gasteiger partial charge in [-0.1, -0.05) is 32.0 Å². The minimum absolute atomic E-state index is 0.0734. The van der Waals surface area contributed by atoms with Gasteiger partial charge < -0.3 is 10.3 Å². The highest BCUT2D eigenvalue weighted by Gasteiger charge is 2.15. The number of nitrogens with two attached hydrogens (primary N) is 1. The number of aromatic nitrogens is 1. The van der Waals surface area contributed by atoms with Crippen molar-refractivity contribution < 1.29 is 0 Å². The third-order valence-corrected chi connectivity index (χ3v) is 3.69. The molecular formula is C16H22N2O. The van der Waals surface area contributed by atoms with Crippen molar-refractivity contribution in [2.24, 2.45) is 11.1 Å². The van der Waals surface area contributed by atoms with Crippen LogP contribution in [0.2, 0.25) is 0 Å². The maximum Gasteiger partial charge on any atom is 0.251 e. The SMILES string of the molecule is CC(C)(CN)CCCn1c(=O)ccc2ccccc21. The summed E-state index contributed by atoms with van der Waals surface area (Å²) in [5.41, 5.74) is 6.97. The summed E-state index contributed by atoms with van der Waals surface area (Å²) in [6.07, 6.45) is 2.00. The lowest BCUT2D eigenvalue weighted by atomic mass is 9.88. The predicted octanol–water partition coefficient (Wildman–Crippen LogP) is 2.77. The smallest absolute Gasteiger partial charge is 0.251 e. The third kappa shape index (κ3) is 3.24. The first-order valence-corrected chi connectivity index (χ1v) is 6.82. The van der Waals surface area contributed by atoms with Crippen molar-refractivity contribution in [2.45, 2.75) is 33.2 Å². The molecular weight excluding hydrogens is 236 g/mol. The Morgan fingerprint density at radius 3 is 2.63 bits per heavy atom. The summed E-state index contributed by atoms with van der Waals surface area (Å²) in [5.74, 6) is 0. The van der Waals surface area contributed by atoms with E-state index in [9.17, 15) is 4.79 Å². The van der Waals surface area contributed by atoms with Crippen molar-refractivity contribution in [3.05, 3.63) is 46.8 Å². The molecule has 0 saturated heterocycles. The Morgan fingerprint density at radius 1 is 1.16 bits per heavy atom. The maximum atomic E-state index is 12.0. The van der Waals surface area contributed by atoms with Crippen molar-refractivity contribution in [2.75, 3.05) is 6.54 Å². The summed E-state index contributed by atoms with van der Waals surface area (Å²) in [6, 6.07) is 11.5. The first-order chi connectivity index (χ1) is 9.03. The van der Waals surface area contributed by atoms with E-state index < -0.39 is 0 Å². The van der Waals surface area contributed by atoms with Crippen LogP contribution in [-0.2, 0) is 6.54 Å². The molecule has 0 amide bonds. The average Bonchev–Trinajstić information content (AvgIpc) is 2.41. The first-order valence-electron chi connectivity index (χ1n) is 6.82. The summed E-state index contributed by atoms with van der Waals surface area (Å²) >= 11 is 0. The van der Waals surface area contributed by atoms with Gasteiger partial charge in [-0.3, -0.25) is 4.79 Å². The topological polar surface area (TPSA) is 48.0 Å². The van der Waals surface area contributed by atoms with Gasteiger partial charge in [-0.25, -0.2) is 0 Å². The second kappa shape index (κ2) is 5.57. The van der Waals surface area contributed by atoms with Gasteiger partial charge in [0.05, 0.1) is 5.52 Å². The summed E-state index contributed by atoms with van der Waals surface area (Å²) in [6.45, 7) is 5.76. The molecule has 0 saturated carbocycles. The van der Waals surface area contributed by atoms with Crippen LogP contribution in [0.25, 0.3) is 10.9 Å². The number of benzene rings is 1. The molecule has 0 aliphatic rings. The van der Waals surface area contributed by atoms with Crippen LogP contribution in [-0.4, -0.2) is 11.1 Å². The summed E-state index contributed by atoms with van der Waals surface area (Å²) in [7, 11) is 0. The highest BCUT2D eigenvalue weighted by Crippen LogP contribution is 2.21. The van der Waals surface area contributed by atoms with Gasteiger partial charge in [-0.2, -0.15) is 0 Å². The van der Waals surface area contributed by atoms with Gasteiger partial charge in [-0.15, -0.1) is 0 Å². The number of aryl methyl sites for hydroxylation is 1. The van der Waals surface area contributed by atoms with Crippen molar-refractivity contribution in [1.29, 1.82) is 0 Å². The van der Waals surface area contributed by atoms with E-state index >= 15 is 0 Å². The van der Waals surface area contributed by atoms with Gasteiger partial charge in [0.1, 0.15) is 0 Å². The molecule has 1 aromatic carbocycles. The van der Waals surface area contributed by atoms with Crippen LogP contribution in [0.5, 0.6) is 0 Å². The lowest BCUT2D eigenvalue weighted by molar-refractivity contribution is 0.327. The summed E-state index contributed by atoms with van der Waals surface area (Å²) in [5, 5.41) is 1.11. The molecule has 19 heavy (non-hydrogen) atoms. The second-order valence-corrected chi connectivity index (χ2v) is 5.85. The van der Waals surface area contributed by atoms with Crippen LogP contribution in [0.3, 0.4) is 0 Å². The van der Waals surface area contributed by atoms with Gasteiger partial charge in [-0.05, 0) is 42.3 Å². The van der Waals surface area contributed by atoms with Gasteiger partial charge in [0.15, 0.2) is 0 Å². The molecule has 2 rings (SSSR count). The van der Waals surface area contributed by atoms with E-state index in [0.717, 1.165) is 30.3 Å². The molecule has 0 bridgehead atoms. The van der Waals surface area contributed by atoms with E-state index in [1.165, 1.54) is 0 Å². The number of para-hydroxylation sites is 1. The zero-order valence-electron chi connectivity index (χ0n) is 11.7. The zero-order chi connectivity index (χ0) is 13.9. The van der Waals surface area contributed by atoms with E-state index in [1.54, 1.807) is 6.07 Å². The fourth-order valence-electron chi connectivity index (χ4n) is 2.29. The Kier molecular flexibility index (Phi) is 4.05. The summed E-state index contributed by atoms with van der Waals surface area (Å²) in [4.78, 5) is 12.0. The van der Waals surface area contributed by atoms with Gasteiger partial charge >= 0.3 is 0 Å². The van der Waals surface area contributed by atoms with E-state index in [0.29, 0.717) is 6.54 Å². The van der Waals surface area contributed by atoms with Crippen molar-refractivity contribution in [1.82, 2.24) is 4.57 Å². The largest absolute Gasteiger partial charge is 0.330 e. The molecule has 1 aromatic heterocycles. The molecule has 3 heteroatoms. The standard InChI is InChI=1S/C16H22N2O/c1-16(2,12-17)10-5-11-18-14-7-4-3-6-13(14)8-9-15(18)19/h3-4,6-9H,5,10-12,17H2,1-2H3. The lowest BCUT2D eigenvalue weighted by Gasteiger charge is -2.22. The van der Waals surface area contributed by atoms with Crippen LogP contribution >= 0.6 is 0 Å². The summed E-state index contributed by atoms with van der Waals surface area (Å²) < 4.78 is 1.86. The van der Waals surface area contributed by atoms with E-state index in [-0.39, 0.29) is 11.0 Å². The van der Waals surface area contributed by atoms with Crippen molar-refractivity contribution in [3.8, 4) is 0 Å². The Labute approximate surface area is 114 Å². The highest BCUT2D eigenvalue weighted by atomic mass is 16.1. The zero-order valence-corrected chi connectivity index (χ0v) is 11.7. The molecule has 3 nitrogen and oxygen atoms in total. The molecule has 0 radical (unpaired) electrons. The highest BCUT2D eigenvalue weighted by molar-refractivity contribution is 5.78. The Bertz CT molecular complexity index is 613. The second-order valence-electron chi connectivity index (χ2n) is 5.85. The van der Waals surface area contributed by atoms with Crippen LogP contribution in [0, 0.1) is 5.41 Å². The molecule has 0 aliphatic carbocycles. The van der Waals surface area contributed by atoms with Gasteiger partial charge in [0.25, 0.3) is 5.56 Å². The fourth-order valence-corrected chi connectivity index (χ4v) is 2.29. The molecule has 0 atom stereocenters. The Hall–Kier alpha value is -1.61. The average molecular weight is 258 g/mol. The van der Waals surface area contributed by atoms with Gasteiger partial charge in [0.2, 0.25) is 0 Å². The molecule has 0 fully saturated rings. The minimum atomic E-state index is 0.0734. The third-order valence-electron chi connectivity index (χ3n) is 3.69. The molecule has 102 valence electrons. The van der Waals surface area contributed by atoms with E-state index in [2.05, 4.69) is 13.8 Å². The number of fused-ring (bicyclic) bond motifs is 1. The molecule has 0 unspecified atom stereocenters.